The molecule has 0 amide bonds. The smallest absolute Gasteiger partial charge is 0.330 e. The molecule has 0 aromatic carbocycles. The van der Waals surface area contributed by atoms with Crippen LogP contribution >= 0.6 is 11.3 Å². The Labute approximate surface area is 134 Å². The van der Waals surface area contributed by atoms with Gasteiger partial charge in [0, 0.05) is 24.2 Å². The fourth-order valence-corrected chi connectivity index (χ4v) is 3.97. The van der Waals surface area contributed by atoms with Gasteiger partial charge in [0.05, 0.1) is 5.69 Å². The molecule has 3 heterocycles. The van der Waals surface area contributed by atoms with Crippen molar-refractivity contribution in [1.29, 1.82) is 0 Å². The topological polar surface area (TPSA) is 63.6 Å². The highest BCUT2D eigenvalue weighted by Gasteiger charge is 2.49. The largest absolute Gasteiger partial charge is 0.404 e. The lowest BCUT2D eigenvalue weighted by molar-refractivity contribution is -0.206. The summed E-state index contributed by atoms with van der Waals surface area (Å²) >= 11 is 1.28. The molecule has 0 bridgehead atoms. The van der Waals surface area contributed by atoms with Gasteiger partial charge in [0.2, 0.25) is 0 Å². The third-order valence-electron chi connectivity index (χ3n) is 4.22. The first-order chi connectivity index (χ1) is 10.9. The lowest BCUT2D eigenvalue weighted by atomic mass is 9.88. The first-order valence-corrected chi connectivity index (χ1v) is 8.24. The van der Waals surface area contributed by atoms with Crippen LogP contribution in [0.2, 0.25) is 0 Å². The van der Waals surface area contributed by atoms with Gasteiger partial charge < -0.3 is 5.73 Å². The number of nitrogens with two attached hydrogens (primary N) is 1. The molecule has 1 aliphatic rings. The maximum Gasteiger partial charge on any atom is 0.404 e. The van der Waals surface area contributed by atoms with E-state index in [9.17, 15) is 18.0 Å². The Balaban J connectivity index is 1.90. The summed E-state index contributed by atoms with van der Waals surface area (Å²) in [5.41, 5.74) is 5.63. The first kappa shape index (κ1) is 16.4. The van der Waals surface area contributed by atoms with Crippen molar-refractivity contribution >= 4 is 16.3 Å². The van der Waals surface area contributed by atoms with Gasteiger partial charge >= 0.3 is 6.18 Å². The van der Waals surface area contributed by atoms with Crippen molar-refractivity contribution < 1.29 is 13.2 Å². The third kappa shape index (κ3) is 3.26. The molecule has 0 unspecified atom stereocenters. The van der Waals surface area contributed by atoms with Crippen LogP contribution < -0.4 is 11.3 Å². The maximum absolute atomic E-state index is 13.4. The number of piperidine rings is 1. The predicted octanol–water partition coefficient (Wildman–Crippen LogP) is 1.86. The lowest BCUT2D eigenvalue weighted by Crippen LogP contribution is -2.55. The number of likely N-dealkylation sites (tertiary alicyclic amines) is 1. The zero-order valence-corrected chi connectivity index (χ0v) is 13.1. The number of nitrogens with zero attached hydrogens (tertiary/aromatic N) is 3. The van der Waals surface area contributed by atoms with Gasteiger partial charge in [-0.15, -0.1) is 11.3 Å². The van der Waals surface area contributed by atoms with Crippen LogP contribution in [0.4, 0.5) is 13.2 Å². The Morgan fingerprint density at radius 3 is 2.91 bits per heavy atom. The molecule has 2 N–H and O–H groups in total. The molecule has 2 aromatic heterocycles. The van der Waals surface area contributed by atoms with E-state index in [1.54, 1.807) is 11.6 Å². The van der Waals surface area contributed by atoms with Crippen molar-refractivity contribution in [3.63, 3.8) is 0 Å². The molecule has 1 fully saturated rings. The number of hydrogen-bond donors (Lipinski definition) is 1. The minimum atomic E-state index is -4.34. The van der Waals surface area contributed by atoms with E-state index < -0.39 is 18.1 Å². The van der Waals surface area contributed by atoms with Gasteiger partial charge in [-0.2, -0.15) is 13.2 Å². The van der Waals surface area contributed by atoms with Crippen LogP contribution in [-0.4, -0.2) is 39.6 Å². The van der Waals surface area contributed by atoms with Crippen LogP contribution in [-0.2, 0) is 6.54 Å². The average molecular weight is 346 g/mol. The number of rotatable bonds is 3. The molecule has 1 aliphatic heterocycles. The second-order valence-electron chi connectivity index (χ2n) is 5.74. The number of hydrogen-bond acceptors (Lipinski definition) is 5. The number of alkyl halides is 3. The minimum Gasteiger partial charge on any atom is -0.330 e. The SMILES string of the molecule is NC[C@@H]1CCCN(Cc2cc(=O)n3ccsc3n2)[C@@H]1C(F)(F)F. The summed E-state index contributed by atoms with van der Waals surface area (Å²) in [6, 6.07) is -0.274. The molecule has 2 aromatic rings. The second kappa shape index (κ2) is 6.21. The zero-order chi connectivity index (χ0) is 16.6. The normalized spacial score (nSPS) is 23.5. The predicted molar refractivity (Wildman–Crippen MR) is 81.4 cm³/mol. The summed E-state index contributed by atoms with van der Waals surface area (Å²) in [5, 5.41) is 1.72. The van der Waals surface area contributed by atoms with Crippen molar-refractivity contribution in [2.75, 3.05) is 13.1 Å². The molecule has 0 aliphatic carbocycles. The maximum atomic E-state index is 13.4. The van der Waals surface area contributed by atoms with Crippen molar-refractivity contribution in [3.05, 3.63) is 33.7 Å². The highest BCUT2D eigenvalue weighted by Crippen LogP contribution is 2.36. The van der Waals surface area contributed by atoms with E-state index in [0.29, 0.717) is 30.0 Å². The van der Waals surface area contributed by atoms with Crippen LogP contribution in [0.25, 0.3) is 4.96 Å². The van der Waals surface area contributed by atoms with Gasteiger partial charge in [-0.25, -0.2) is 4.98 Å². The summed E-state index contributed by atoms with van der Waals surface area (Å²) in [6.07, 6.45) is -1.61. The molecule has 9 heteroatoms. The van der Waals surface area contributed by atoms with Crippen LogP contribution in [0.1, 0.15) is 18.5 Å². The van der Waals surface area contributed by atoms with Gasteiger partial charge in [-0.1, -0.05) is 0 Å². The lowest BCUT2D eigenvalue weighted by Gasteiger charge is -2.41. The van der Waals surface area contributed by atoms with E-state index in [0.717, 1.165) is 0 Å². The van der Waals surface area contributed by atoms with Crippen molar-refractivity contribution in [1.82, 2.24) is 14.3 Å². The molecular formula is C14H17F3N4OS. The molecule has 126 valence electrons. The van der Waals surface area contributed by atoms with Crippen molar-refractivity contribution in [3.8, 4) is 0 Å². The number of fused-ring (bicyclic) bond motifs is 1. The fraction of sp³-hybridized carbons (Fsp3) is 0.571. The Morgan fingerprint density at radius 2 is 2.22 bits per heavy atom. The molecule has 23 heavy (non-hydrogen) atoms. The second-order valence-corrected chi connectivity index (χ2v) is 6.61. The first-order valence-electron chi connectivity index (χ1n) is 7.37. The monoisotopic (exact) mass is 346 g/mol. The molecule has 3 rings (SSSR count). The van der Waals surface area contributed by atoms with Crippen molar-refractivity contribution in [2.24, 2.45) is 11.7 Å². The fourth-order valence-electron chi connectivity index (χ4n) is 3.23. The number of halogens is 3. The third-order valence-corrected chi connectivity index (χ3v) is 4.98. The highest BCUT2D eigenvalue weighted by molar-refractivity contribution is 7.15. The zero-order valence-electron chi connectivity index (χ0n) is 12.3. The van der Waals surface area contributed by atoms with Gasteiger partial charge in [0.15, 0.2) is 4.96 Å². The van der Waals surface area contributed by atoms with Crippen LogP contribution in [0.5, 0.6) is 0 Å². The molecule has 0 radical (unpaired) electrons. The van der Waals surface area contributed by atoms with Gasteiger partial charge in [-0.05, 0) is 31.8 Å². The summed E-state index contributed by atoms with van der Waals surface area (Å²) < 4.78 is 41.7. The minimum absolute atomic E-state index is 0.000717. The summed E-state index contributed by atoms with van der Waals surface area (Å²) in [6.45, 7) is 0.331. The number of thiazole rings is 1. The summed E-state index contributed by atoms with van der Waals surface area (Å²) in [5.74, 6) is -0.615. The van der Waals surface area contributed by atoms with Crippen molar-refractivity contribution in [2.45, 2.75) is 31.6 Å². The highest BCUT2D eigenvalue weighted by atomic mass is 32.1. The molecule has 5 nitrogen and oxygen atoms in total. The molecule has 0 spiro atoms. The van der Waals surface area contributed by atoms with Crippen LogP contribution in [0.3, 0.4) is 0 Å². The standard InChI is InChI=1S/C14H17F3N4OS/c15-14(16,17)12-9(7-18)2-1-3-20(12)8-10-6-11(22)21-4-5-23-13(21)19-10/h4-6,9,12H,1-3,7-8,18H2/t9-,12-/m0/s1. The van der Waals surface area contributed by atoms with Crippen LogP contribution in [0.15, 0.2) is 22.4 Å². The van der Waals surface area contributed by atoms with E-state index in [4.69, 9.17) is 5.73 Å². The van der Waals surface area contributed by atoms with Gasteiger partial charge in [-0.3, -0.25) is 14.1 Å². The number of aromatic nitrogens is 2. The van der Waals surface area contributed by atoms with E-state index in [1.807, 2.05) is 0 Å². The molecule has 2 atom stereocenters. The Morgan fingerprint density at radius 1 is 1.43 bits per heavy atom. The Bertz CT molecular complexity index is 741. The van der Waals surface area contributed by atoms with E-state index in [1.165, 1.54) is 26.7 Å². The molecule has 0 saturated carbocycles. The van der Waals surface area contributed by atoms with E-state index in [-0.39, 0.29) is 18.6 Å². The van der Waals surface area contributed by atoms with E-state index in [2.05, 4.69) is 4.98 Å². The Hall–Kier alpha value is -1.45. The average Bonchev–Trinajstić information content (AvgIpc) is 2.94. The quantitative estimate of drug-likeness (QED) is 0.921. The molecule has 1 saturated heterocycles. The summed E-state index contributed by atoms with van der Waals surface area (Å²) in [7, 11) is 0. The molecular weight excluding hydrogens is 329 g/mol. The van der Waals surface area contributed by atoms with E-state index >= 15 is 0 Å². The van der Waals surface area contributed by atoms with Gasteiger partial charge in [0.1, 0.15) is 6.04 Å². The van der Waals surface area contributed by atoms with Gasteiger partial charge in [0.25, 0.3) is 5.56 Å². The Kier molecular flexibility index (Phi) is 4.43. The van der Waals surface area contributed by atoms with Crippen LogP contribution in [0, 0.1) is 5.92 Å². The summed E-state index contributed by atoms with van der Waals surface area (Å²) in [4.78, 5) is 18.1.